The van der Waals surface area contributed by atoms with Gasteiger partial charge in [0.05, 0.1) is 12.1 Å². The lowest BCUT2D eigenvalue weighted by Crippen LogP contribution is -2.25. The van der Waals surface area contributed by atoms with Crippen molar-refractivity contribution in [1.82, 2.24) is 14.5 Å². The van der Waals surface area contributed by atoms with Gasteiger partial charge in [-0.15, -0.1) is 13.2 Å². The van der Waals surface area contributed by atoms with E-state index in [1.807, 2.05) is 0 Å². The maximum atomic E-state index is 12.8. The van der Waals surface area contributed by atoms with Crippen LogP contribution in [0.25, 0.3) is 11.2 Å². The number of nitrogens with zero attached hydrogens (tertiary/aromatic N) is 2. The number of anilines is 1. The number of ether oxygens (including phenoxy) is 1. The summed E-state index contributed by atoms with van der Waals surface area (Å²) in [6.45, 7) is 1.36. The third kappa shape index (κ3) is 5.89. The van der Waals surface area contributed by atoms with E-state index in [0.717, 1.165) is 38.8 Å². The van der Waals surface area contributed by atoms with Gasteiger partial charge in [-0.25, -0.2) is 9.78 Å². The van der Waals surface area contributed by atoms with Crippen LogP contribution in [0.15, 0.2) is 39.6 Å². The molecule has 11 heteroatoms. The monoisotopic (exact) mass is 527 g/mol. The van der Waals surface area contributed by atoms with Crippen molar-refractivity contribution < 1.29 is 17.9 Å². The van der Waals surface area contributed by atoms with Crippen LogP contribution >= 0.6 is 15.9 Å². The molecule has 4 rings (SSSR count). The van der Waals surface area contributed by atoms with Gasteiger partial charge >= 0.3 is 12.1 Å². The van der Waals surface area contributed by atoms with E-state index in [9.17, 15) is 18.0 Å². The van der Waals surface area contributed by atoms with E-state index in [1.54, 1.807) is 12.1 Å². The van der Waals surface area contributed by atoms with Crippen molar-refractivity contribution in [2.45, 2.75) is 38.6 Å². The minimum absolute atomic E-state index is 0.136. The third-order valence-electron chi connectivity index (χ3n) is 6.07. The predicted octanol–water partition coefficient (Wildman–Crippen LogP) is 4.61. The summed E-state index contributed by atoms with van der Waals surface area (Å²) in [5.74, 6) is 1.38. The fourth-order valence-electron chi connectivity index (χ4n) is 4.26. The van der Waals surface area contributed by atoms with Gasteiger partial charge in [-0.3, -0.25) is 4.57 Å². The molecule has 7 nitrogen and oxygen atoms in total. The molecular weight excluding hydrogens is 503 g/mol. The number of nitrogens with two attached hydrogens (primary N) is 1. The fourth-order valence-corrected chi connectivity index (χ4v) is 4.67. The molecule has 1 aliphatic carbocycles. The standard InChI is InChI=1S/C22H25BrF3N5O2/c23-16-5-7-18(33-22(24,25)26)15(9-16)12-31-20-17(29-21(31)32)6-8-19(30-20)28-11-14-3-1-13(10-27)2-4-14/h5-9,13-14H,1-4,10-12,27H2,(H,28,30)(H,29,32). The first kappa shape index (κ1) is 23.6. The zero-order valence-corrected chi connectivity index (χ0v) is 19.4. The number of H-pyrrole nitrogens is 1. The maximum Gasteiger partial charge on any atom is 0.573 e. The first-order valence-electron chi connectivity index (χ1n) is 10.8. The summed E-state index contributed by atoms with van der Waals surface area (Å²) in [5.41, 5.74) is 6.35. The zero-order valence-electron chi connectivity index (χ0n) is 17.8. The Morgan fingerprint density at radius 2 is 1.91 bits per heavy atom. The summed E-state index contributed by atoms with van der Waals surface area (Å²) in [6, 6.07) is 7.68. The molecule has 0 bridgehead atoms. The highest BCUT2D eigenvalue weighted by molar-refractivity contribution is 9.10. The van der Waals surface area contributed by atoms with Gasteiger partial charge in [0, 0.05) is 16.6 Å². The van der Waals surface area contributed by atoms with E-state index in [4.69, 9.17) is 5.73 Å². The van der Waals surface area contributed by atoms with Crippen LogP contribution in [0, 0.1) is 11.8 Å². The summed E-state index contributed by atoms with van der Waals surface area (Å²) < 4.78 is 44.5. The number of aromatic nitrogens is 3. The van der Waals surface area contributed by atoms with Gasteiger partial charge in [-0.05, 0) is 74.4 Å². The molecular formula is C22H25BrF3N5O2. The molecule has 2 heterocycles. The molecule has 1 aromatic carbocycles. The second kappa shape index (κ2) is 9.76. The van der Waals surface area contributed by atoms with Crippen LogP contribution < -0.4 is 21.5 Å². The molecule has 2 aromatic heterocycles. The minimum Gasteiger partial charge on any atom is -0.405 e. The van der Waals surface area contributed by atoms with Crippen LogP contribution in [-0.2, 0) is 6.54 Å². The number of pyridine rings is 1. The first-order valence-corrected chi connectivity index (χ1v) is 11.6. The third-order valence-corrected chi connectivity index (χ3v) is 6.56. The predicted molar refractivity (Wildman–Crippen MR) is 123 cm³/mol. The molecule has 0 aliphatic heterocycles. The highest BCUT2D eigenvalue weighted by Crippen LogP contribution is 2.30. The molecule has 0 atom stereocenters. The van der Waals surface area contributed by atoms with Crippen molar-refractivity contribution in [2.75, 3.05) is 18.4 Å². The van der Waals surface area contributed by atoms with Crippen LogP contribution in [0.1, 0.15) is 31.2 Å². The number of nitrogens with one attached hydrogen (secondary N) is 2. The van der Waals surface area contributed by atoms with Crippen LogP contribution in [0.5, 0.6) is 5.75 Å². The Kier molecular flexibility index (Phi) is 6.99. The average Bonchev–Trinajstić information content (AvgIpc) is 3.08. The minimum atomic E-state index is -4.84. The number of hydrogen-bond donors (Lipinski definition) is 3. The Bertz CT molecular complexity index is 1170. The molecule has 0 saturated heterocycles. The van der Waals surface area contributed by atoms with E-state index < -0.39 is 12.1 Å². The summed E-state index contributed by atoms with van der Waals surface area (Å²) in [7, 11) is 0. The Morgan fingerprint density at radius 3 is 2.61 bits per heavy atom. The highest BCUT2D eigenvalue weighted by Gasteiger charge is 2.32. The van der Waals surface area contributed by atoms with Crippen molar-refractivity contribution >= 4 is 32.9 Å². The number of imidazole rings is 1. The molecule has 33 heavy (non-hydrogen) atoms. The lowest BCUT2D eigenvalue weighted by Gasteiger charge is -2.27. The van der Waals surface area contributed by atoms with Crippen molar-refractivity contribution in [3.63, 3.8) is 0 Å². The molecule has 1 aliphatic rings. The van der Waals surface area contributed by atoms with Crippen LogP contribution in [0.4, 0.5) is 19.0 Å². The normalized spacial score (nSPS) is 19.1. The van der Waals surface area contributed by atoms with Gasteiger partial charge in [0.25, 0.3) is 0 Å². The number of rotatable bonds is 7. The molecule has 4 N–H and O–H groups in total. The van der Waals surface area contributed by atoms with Crippen molar-refractivity contribution in [1.29, 1.82) is 0 Å². The summed E-state index contributed by atoms with van der Waals surface area (Å²) in [4.78, 5) is 19.8. The zero-order chi connectivity index (χ0) is 23.6. The van der Waals surface area contributed by atoms with Crippen LogP contribution in [-0.4, -0.2) is 34.0 Å². The van der Waals surface area contributed by atoms with Gasteiger partial charge in [0.2, 0.25) is 0 Å². The van der Waals surface area contributed by atoms with Crippen molar-refractivity contribution in [3.05, 3.63) is 50.9 Å². The topological polar surface area (TPSA) is 98.0 Å². The molecule has 0 amide bonds. The SMILES string of the molecule is NCC1CCC(CNc2ccc3[nH]c(=O)n(Cc4cc(Br)ccc4OC(F)(F)F)c3n2)CC1. The second-order valence-corrected chi connectivity index (χ2v) is 9.30. The second-order valence-electron chi connectivity index (χ2n) is 8.39. The Labute approximate surface area is 196 Å². The number of halogens is 4. The van der Waals surface area contributed by atoms with Gasteiger partial charge in [0.1, 0.15) is 11.6 Å². The van der Waals surface area contributed by atoms with Gasteiger partial charge in [-0.2, -0.15) is 0 Å². The highest BCUT2D eigenvalue weighted by atomic mass is 79.9. The van der Waals surface area contributed by atoms with Gasteiger partial charge < -0.3 is 20.8 Å². The van der Waals surface area contributed by atoms with Gasteiger partial charge in [0.15, 0.2) is 5.65 Å². The van der Waals surface area contributed by atoms with E-state index >= 15 is 0 Å². The number of alkyl halides is 3. The van der Waals surface area contributed by atoms with Crippen molar-refractivity contribution in [2.24, 2.45) is 17.6 Å². The molecule has 1 saturated carbocycles. The van der Waals surface area contributed by atoms with E-state index in [-0.39, 0.29) is 17.9 Å². The van der Waals surface area contributed by atoms with Crippen LogP contribution in [0.3, 0.4) is 0 Å². The molecule has 0 unspecified atom stereocenters. The Balaban J connectivity index is 1.55. The van der Waals surface area contributed by atoms with E-state index in [2.05, 4.69) is 36.0 Å². The lowest BCUT2D eigenvalue weighted by molar-refractivity contribution is -0.274. The molecule has 178 valence electrons. The summed E-state index contributed by atoms with van der Waals surface area (Å²) in [5, 5.41) is 3.34. The summed E-state index contributed by atoms with van der Waals surface area (Å²) in [6.07, 6.45) is -0.372. The number of fused-ring (bicyclic) bond motifs is 1. The smallest absolute Gasteiger partial charge is 0.405 e. The molecule has 0 radical (unpaired) electrons. The molecule has 1 fully saturated rings. The average molecular weight is 528 g/mol. The summed E-state index contributed by atoms with van der Waals surface area (Å²) >= 11 is 3.26. The van der Waals surface area contributed by atoms with E-state index in [1.165, 1.54) is 22.8 Å². The van der Waals surface area contributed by atoms with Crippen LogP contribution in [0.2, 0.25) is 0 Å². The van der Waals surface area contributed by atoms with Gasteiger partial charge in [-0.1, -0.05) is 15.9 Å². The number of benzene rings is 1. The number of aromatic amines is 1. The molecule has 3 aromatic rings. The Hall–Kier alpha value is -2.53. The van der Waals surface area contributed by atoms with Crippen molar-refractivity contribution in [3.8, 4) is 5.75 Å². The first-order chi connectivity index (χ1) is 15.7. The quantitative estimate of drug-likeness (QED) is 0.416. The lowest BCUT2D eigenvalue weighted by atomic mass is 9.82. The maximum absolute atomic E-state index is 12.8. The van der Waals surface area contributed by atoms with E-state index in [0.29, 0.717) is 33.3 Å². The fraction of sp³-hybridized carbons (Fsp3) is 0.455. The Morgan fingerprint density at radius 1 is 1.18 bits per heavy atom. The largest absolute Gasteiger partial charge is 0.573 e. The molecule has 0 spiro atoms. The number of hydrogen-bond acceptors (Lipinski definition) is 5.